The molecule has 2 aromatic rings. The van der Waals surface area contributed by atoms with E-state index in [0.29, 0.717) is 17.7 Å². The molecule has 0 saturated carbocycles. The van der Waals surface area contributed by atoms with Gasteiger partial charge in [0.1, 0.15) is 0 Å². The summed E-state index contributed by atoms with van der Waals surface area (Å²) < 4.78 is 0. The molecule has 1 N–H and O–H groups in total. The topological polar surface area (TPSA) is 85.1 Å². The average molecular weight is 271 g/mol. The zero-order valence-corrected chi connectivity index (χ0v) is 10.7. The number of hydrogen-bond acceptors (Lipinski definition) is 4. The number of hydrogen-bond donors (Lipinski definition) is 1. The second-order valence-corrected chi connectivity index (χ2v) is 4.24. The van der Waals surface area contributed by atoms with Crippen molar-refractivity contribution in [1.29, 1.82) is 0 Å². The maximum atomic E-state index is 12.0. The zero-order chi connectivity index (χ0) is 14.4. The lowest BCUT2D eigenvalue weighted by atomic mass is 10.1. The summed E-state index contributed by atoms with van der Waals surface area (Å²) in [5.41, 5.74) is 1.81. The van der Waals surface area contributed by atoms with Crippen molar-refractivity contribution in [2.24, 2.45) is 0 Å². The Morgan fingerprint density at radius 2 is 2.05 bits per heavy atom. The Balaban J connectivity index is 2.00. The summed E-state index contributed by atoms with van der Waals surface area (Å²) in [5.74, 6) is -0.265. The SMILES string of the molecule is O=C(NCc1cccnc1)c1cccc(C[N+](=O)[O-])c1. The molecule has 1 aromatic heterocycles. The van der Waals surface area contributed by atoms with Crippen LogP contribution >= 0.6 is 0 Å². The highest BCUT2D eigenvalue weighted by atomic mass is 16.6. The summed E-state index contributed by atoms with van der Waals surface area (Å²) >= 11 is 0. The number of nitrogens with zero attached hydrogens (tertiary/aromatic N) is 2. The van der Waals surface area contributed by atoms with Gasteiger partial charge in [-0.2, -0.15) is 0 Å². The van der Waals surface area contributed by atoms with Crippen LogP contribution in [0.25, 0.3) is 0 Å². The first kappa shape index (κ1) is 13.7. The highest BCUT2D eigenvalue weighted by Crippen LogP contribution is 2.07. The van der Waals surface area contributed by atoms with E-state index in [-0.39, 0.29) is 12.5 Å². The molecule has 0 bridgehead atoms. The molecule has 0 aliphatic carbocycles. The average Bonchev–Trinajstić information content (AvgIpc) is 2.45. The lowest BCUT2D eigenvalue weighted by molar-refractivity contribution is -0.496. The molecule has 0 radical (unpaired) electrons. The Morgan fingerprint density at radius 1 is 1.25 bits per heavy atom. The number of carbonyl (C=O) groups excluding carboxylic acids is 1. The standard InChI is InChI=1S/C14H13N3O3/c18-14(16-9-12-4-2-6-15-8-12)13-5-1-3-11(7-13)10-17(19)20/h1-8H,9-10H2,(H,16,18). The zero-order valence-electron chi connectivity index (χ0n) is 10.7. The van der Waals surface area contributed by atoms with Gasteiger partial charge < -0.3 is 5.32 Å². The third-order valence-electron chi connectivity index (χ3n) is 2.68. The second-order valence-electron chi connectivity index (χ2n) is 4.24. The number of nitrogens with one attached hydrogen (secondary N) is 1. The van der Waals surface area contributed by atoms with Crippen molar-refractivity contribution in [2.45, 2.75) is 13.1 Å². The fraction of sp³-hybridized carbons (Fsp3) is 0.143. The van der Waals surface area contributed by atoms with Crippen LogP contribution in [-0.2, 0) is 13.1 Å². The maximum absolute atomic E-state index is 12.0. The third-order valence-corrected chi connectivity index (χ3v) is 2.68. The Labute approximate surface area is 115 Å². The van der Waals surface area contributed by atoms with E-state index in [2.05, 4.69) is 10.3 Å². The van der Waals surface area contributed by atoms with Crippen LogP contribution in [0.4, 0.5) is 0 Å². The number of nitro groups is 1. The molecule has 0 aliphatic heterocycles. The number of benzene rings is 1. The molecule has 6 heteroatoms. The van der Waals surface area contributed by atoms with Crippen molar-refractivity contribution >= 4 is 5.91 Å². The van der Waals surface area contributed by atoms with Crippen LogP contribution in [0, 0.1) is 10.1 Å². The van der Waals surface area contributed by atoms with E-state index in [4.69, 9.17) is 0 Å². The summed E-state index contributed by atoms with van der Waals surface area (Å²) in [6, 6.07) is 10.1. The molecule has 102 valence electrons. The minimum Gasteiger partial charge on any atom is -0.348 e. The molecule has 1 aromatic carbocycles. The molecule has 2 rings (SSSR count). The predicted molar refractivity (Wildman–Crippen MR) is 72.5 cm³/mol. The van der Waals surface area contributed by atoms with Crippen molar-refractivity contribution in [1.82, 2.24) is 10.3 Å². The van der Waals surface area contributed by atoms with Crippen molar-refractivity contribution < 1.29 is 9.72 Å². The van der Waals surface area contributed by atoms with Crippen molar-refractivity contribution in [3.05, 3.63) is 75.6 Å². The third kappa shape index (κ3) is 3.88. The molecular weight excluding hydrogens is 258 g/mol. The number of amides is 1. The van der Waals surface area contributed by atoms with Crippen LogP contribution in [-0.4, -0.2) is 15.8 Å². The Hall–Kier alpha value is -2.76. The summed E-state index contributed by atoms with van der Waals surface area (Å²) in [4.78, 5) is 25.9. The minimum absolute atomic E-state index is 0.265. The first-order valence-electron chi connectivity index (χ1n) is 6.03. The van der Waals surface area contributed by atoms with Gasteiger partial charge in [-0.25, -0.2) is 0 Å². The van der Waals surface area contributed by atoms with E-state index in [1.54, 1.807) is 36.7 Å². The van der Waals surface area contributed by atoms with Crippen LogP contribution in [0.5, 0.6) is 0 Å². The highest BCUT2D eigenvalue weighted by Gasteiger charge is 2.08. The van der Waals surface area contributed by atoms with Crippen LogP contribution in [0.3, 0.4) is 0 Å². The van der Waals surface area contributed by atoms with Crippen molar-refractivity contribution in [2.75, 3.05) is 0 Å². The van der Waals surface area contributed by atoms with E-state index in [9.17, 15) is 14.9 Å². The highest BCUT2D eigenvalue weighted by molar-refractivity contribution is 5.94. The van der Waals surface area contributed by atoms with Crippen LogP contribution < -0.4 is 5.32 Å². The summed E-state index contributed by atoms with van der Waals surface area (Å²) in [6.45, 7) is 0.0792. The van der Waals surface area contributed by atoms with Gasteiger partial charge in [0.25, 0.3) is 5.91 Å². The summed E-state index contributed by atoms with van der Waals surface area (Å²) in [6.07, 6.45) is 3.33. The molecule has 1 amide bonds. The molecule has 0 spiro atoms. The molecule has 0 saturated heterocycles. The molecule has 1 heterocycles. The summed E-state index contributed by atoms with van der Waals surface area (Å²) in [5, 5.41) is 13.2. The van der Waals surface area contributed by atoms with Gasteiger partial charge in [-0.15, -0.1) is 0 Å². The van der Waals surface area contributed by atoms with E-state index in [0.717, 1.165) is 5.56 Å². The molecule has 0 fully saturated rings. The van der Waals surface area contributed by atoms with Crippen molar-refractivity contribution in [3.8, 4) is 0 Å². The maximum Gasteiger partial charge on any atom is 0.251 e. The van der Waals surface area contributed by atoms with Gasteiger partial charge in [0.15, 0.2) is 0 Å². The molecule has 20 heavy (non-hydrogen) atoms. The Morgan fingerprint density at radius 3 is 2.75 bits per heavy atom. The van der Waals surface area contributed by atoms with Gasteiger partial charge >= 0.3 is 0 Å². The normalized spacial score (nSPS) is 10.0. The van der Waals surface area contributed by atoms with Crippen LogP contribution in [0.1, 0.15) is 21.5 Å². The van der Waals surface area contributed by atoms with Crippen molar-refractivity contribution in [3.63, 3.8) is 0 Å². The fourth-order valence-electron chi connectivity index (χ4n) is 1.75. The molecule has 6 nitrogen and oxygen atoms in total. The predicted octanol–water partition coefficient (Wildman–Crippen LogP) is 1.79. The number of pyridine rings is 1. The van der Waals surface area contributed by atoms with E-state index < -0.39 is 4.92 Å². The number of carbonyl (C=O) groups is 1. The van der Waals surface area contributed by atoms with Gasteiger partial charge in [-0.3, -0.25) is 19.9 Å². The monoisotopic (exact) mass is 271 g/mol. The first-order valence-corrected chi connectivity index (χ1v) is 6.03. The second kappa shape index (κ2) is 6.42. The van der Waals surface area contributed by atoms with Gasteiger partial charge in [0.05, 0.1) is 0 Å². The largest absolute Gasteiger partial charge is 0.348 e. The van der Waals surface area contributed by atoms with Gasteiger partial charge in [0.2, 0.25) is 6.54 Å². The molecular formula is C14H13N3O3. The van der Waals surface area contributed by atoms with E-state index >= 15 is 0 Å². The summed E-state index contributed by atoms with van der Waals surface area (Å²) in [7, 11) is 0. The molecule has 0 atom stereocenters. The lowest BCUT2D eigenvalue weighted by Crippen LogP contribution is -2.23. The van der Waals surface area contributed by atoms with Crippen LogP contribution in [0.2, 0.25) is 0 Å². The van der Waals surface area contributed by atoms with E-state index in [1.807, 2.05) is 6.07 Å². The van der Waals surface area contributed by atoms with Gasteiger partial charge in [0, 0.05) is 35.0 Å². The lowest BCUT2D eigenvalue weighted by Gasteiger charge is -2.05. The Bertz CT molecular complexity index is 614. The number of aromatic nitrogens is 1. The van der Waals surface area contributed by atoms with Crippen LogP contribution in [0.15, 0.2) is 48.8 Å². The smallest absolute Gasteiger partial charge is 0.251 e. The fourth-order valence-corrected chi connectivity index (χ4v) is 1.75. The first-order chi connectivity index (χ1) is 9.65. The number of rotatable bonds is 5. The molecule has 0 aliphatic rings. The van der Waals surface area contributed by atoms with Gasteiger partial charge in [-0.1, -0.05) is 18.2 Å². The van der Waals surface area contributed by atoms with E-state index in [1.165, 1.54) is 6.07 Å². The Kier molecular flexibility index (Phi) is 4.39. The van der Waals surface area contributed by atoms with Gasteiger partial charge in [-0.05, 0) is 23.8 Å². The quantitative estimate of drug-likeness (QED) is 0.663. The minimum atomic E-state index is -0.424. The molecule has 0 unspecified atom stereocenters.